The van der Waals surface area contributed by atoms with Gasteiger partial charge in [0, 0.05) is 0 Å². The van der Waals surface area contributed by atoms with Crippen LogP contribution in [0.4, 0.5) is 0 Å². The van der Waals surface area contributed by atoms with Crippen molar-refractivity contribution in [2.75, 3.05) is 0 Å². The van der Waals surface area contributed by atoms with Gasteiger partial charge in [-0.05, 0) is 74.2 Å². The van der Waals surface area contributed by atoms with Crippen molar-refractivity contribution >= 4 is 0 Å². The molecule has 0 radical (unpaired) electrons. The minimum absolute atomic E-state index is 0. The van der Waals surface area contributed by atoms with E-state index in [1.165, 1.54) is 0 Å². The molecule has 2 N–H and O–H groups in total. The number of aromatic hydroxyl groups is 2. The van der Waals surface area contributed by atoms with Crippen LogP contribution in [-0.4, -0.2) is 10.2 Å². The van der Waals surface area contributed by atoms with E-state index in [9.17, 15) is 0 Å². The van der Waals surface area contributed by atoms with E-state index in [0.29, 0.717) is 11.5 Å². The fraction of sp³-hybridized carbons (Fsp3) is 0.154. The Balaban J connectivity index is 0.000000369. The first-order chi connectivity index (χ1) is 13.4. The van der Waals surface area contributed by atoms with Crippen LogP contribution in [0.3, 0.4) is 0 Å². The molecule has 29 heavy (non-hydrogen) atoms. The largest absolute Gasteiger partial charge is 2.00 e. The van der Waals surface area contributed by atoms with Crippen LogP contribution in [0, 0.1) is 27.7 Å². The topological polar surface area (TPSA) is 40.5 Å². The van der Waals surface area contributed by atoms with Crippen LogP contribution in [0.2, 0.25) is 0 Å². The molecule has 0 aliphatic rings. The van der Waals surface area contributed by atoms with Gasteiger partial charge in [-0.3, -0.25) is 0 Å². The third kappa shape index (κ3) is 14.3. The molecular weight excluding hydrogens is 436 g/mol. The SMILES string of the molecule is Cc1cc(C)cc(O)c1.Cc1cc(C)cc(O)c1.[Zr+2].c1cc[cH-]c1.c1cc[cH-]c1. The quantitative estimate of drug-likeness (QED) is 0.280. The maximum atomic E-state index is 8.99. The van der Waals surface area contributed by atoms with Gasteiger partial charge in [0.1, 0.15) is 11.5 Å². The van der Waals surface area contributed by atoms with Gasteiger partial charge >= 0.3 is 26.2 Å². The summed E-state index contributed by atoms with van der Waals surface area (Å²) in [7, 11) is 0. The second-order valence-corrected chi connectivity index (χ2v) is 6.62. The summed E-state index contributed by atoms with van der Waals surface area (Å²) in [5, 5.41) is 18.0. The van der Waals surface area contributed by atoms with Gasteiger partial charge in [0.25, 0.3) is 0 Å². The summed E-state index contributed by atoms with van der Waals surface area (Å²) in [6.07, 6.45) is 0. The van der Waals surface area contributed by atoms with E-state index in [1.807, 2.05) is 100 Å². The zero-order valence-electron chi connectivity index (χ0n) is 17.6. The second-order valence-electron chi connectivity index (χ2n) is 6.62. The summed E-state index contributed by atoms with van der Waals surface area (Å²) in [5.74, 6) is 0.708. The molecule has 0 atom stereocenters. The first-order valence-corrected chi connectivity index (χ1v) is 9.24. The summed E-state index contributed by atoms with van der Waals surface area (Å²) in [6.45, 7) is 7.86. The Kier molecular flexibility index (Phi) is 14.3. The molecule has 0 spiro atoms. The minimum Gasteiger partial charge on any atom is -0.508 e. The Morgan fingerprint density at radius 2 is 0.724 bits per heavy atom. The molecule has 2 nitrogen and oxygen atoms in total. The number of benzene rings is 2. The van der Waals surface area contributed by atoms with Crippen LogP contribution in [0.15, 0.2) is 97.1 Å². The molecule has 0 unspecified atom stereocenters. The Bertz CT molecular complexity index is 668. The molecule has 0 amide bonds. The van der Waals surface area contributed by atoms with Gasteiger partial charge in [-0.15, -0.1) is 0 Å². The van der Waals surface area contributed by atoms with Gasteiger partial charge in [-0.1, -0.05) is 12.1 Å². The van der Waals surface area contributed by atoms with Crippen LogP contribution in [0.1, 0.15) is 22.3 Å². The summed E-state index contributed by atoms with van der Waals surface area (Å²) in [4.78, 5) is 0. The van der Waals surface area contributed by atoms with E-state index < -0.39 is 0 Å². The van der Waals surface area contributed by atoms with Gasteiger partial charge in [0.2, 0.25) is 0 Å². The smallest absolute Gasteiger partial charge is 0.508 e. The minimum atomic E-state index is 0. The van der Waals surface area contributed by atoms with Crippen LogP contribution < -0.4 is 0 Å². The zero-order valence-corrected chi connectivity index (χ0v) is 20.1. The van der Waals surface area contributed by atoms with Gasteiger partial charge in [0.15, 0.2) is 0 Å². The molecule has 150 valence electrons. The molecule has 4 rings (SSSR count). The number of rotatable bonds is 0. The third-order valence-corrected chi connectivity index (χ3v) is 3.52. The normalized spacial score (nSPS) is 8.69. The monoisotopic (exact) mass is 464 g/mol. The van der Waals surface area contributed by atoms with Gasteiger partial charge in [0.05, 0.1) is 0 Å². The van der Waals surface area contributed by atoms with Gasteiger partial charge < -0.3 is 10.2 Å². The number of aryl methyl sites for hydroxylation is 4. The number of phenols is 2. The molecule has 0 bridgehead atoms. The number of hydrogen-bond acceptors (Lipinski definition) is 2. The fourth-order valence-electron chi connectivity index (χ4n) is 2.54. The van der Waals surface area contributed by atoms with Crippen molar-refractivity contribution in [3.8, 4) is 11.5 Å². The molecule has 0 fully saturated rings. The maximum Gasteiger partial charge on any atom is 2.00 e. The first kappa shape index (κ1) is 26.6. The molecular formula is C26H30O2Zr. The van der Waals surface area contributed by atoms with E-state index in [0.717, 1.165) is 22.3 Å². The molecule has 4 aromatic rings. The fourth-order valence-corrected chi connectivity index (χ4v) is 2.54. The zero-order chi connectivity index (χ0) is 20.8. The Hall–Kier alpha value is -2.38. The maximum absolute atomic E-state index is 8.99. The van der Waals surface area contributed by atoms with Crippen LogP contribution in [-0.2, 0) is 26.2 Å². The third-order valence-electron chi connectivity index (χ3n) is 3.52. The average molecular weight is 466 g/mol. The van der Waals surface area contributed by atoms with Crippen molar-refractivity contribution in [2.45, 2.75) is 27.7 Å². The van der Waals surface area contributed by atoms with Crippen molar-refractivity contribution in [3.63, 3.8) is 0 Å². The van der Waals surface area contributed by atoms with E-state index in [2.05, 4.69) is 0 Å². The van der Waals surface area contributed by atoms with E-state index >= 15 is 0 Å². The summed E-state index contributed by atoms with van der Waals surface area (Å²) in [6, 6.07) is 31.0. The molecule has 3 heteroatoms. The molecule has 0 aliphatic carbocycles. The Labute approximate surface area is 194 Å². The second kappa shape index (κ2) is 15.5. The summed E-state index contributed by atoms with van der Waals surface area (Å²) in [5.41, 5.74) is 4.42. The summed E-state index contributed by atoms with van der Waals surface area (Å²) >= 11 is 0. The molecule has 0 aromatic heterocycles. The van der Waals surface area contributed by atoms with E-state index in [-0.39, 0.29) is 26.2 Å². The van der Waals surface area contributed by atoms with Crippen molar-refractivity contribution < 1.29 is 36.4 Å². The van der Waals surface area contributed by atoms with Crippen LogP contribution in [0.25, 0.3) is 0 Å². The molecule has 4 aromatic carbocycles. The van der Waals surface area contributed by atoms with Gasteiger partial charge in [-0.25, -0.2) is 24.3 Å². The van der Waals surface area contributed by atoms with E-state index in [1.54, 1.807) is 24.3 Å². The van der Waals surface area contributed by atoms with Crippen molar-refractivity contribution in [1.82, 2.24) is 0 Å². The first-order valence-electron chi connectivity index (χ1n) is 9.24. The molecule has 0 saturated carbocycles. The molecule has 0 heterocycles. The molecule has 0 aliphatic heterocycles. The van der Waals surface area contributed by atoms with Crippen molar-refractivity contribution in [1.29, 1.82) is 0 Å². The standard InChI is InChI=1S/2C8H10O.2C5H5.Zr/c2*1-6-3-7(2)5-8(9)4-6;2*1-2-4-5-3-1;/h2*3-5,9H,1-2H3;2*1-5H;/q;;2*-1;+2. The summed E-state index contributed by atoms with van der Waals surface area (Å²) < 4.78 is 0. The number of hydrogen-bond donors (Lipinski definition) is 2. The van der Waals surface area contributed by atoms with Crippen molar-refractivity contribution in [3.05, 3.63) is 119 Å². The van der Waals surface area contributed by atoms with E-state index in [4.69, 9.17) is 10.2 Å². The van der Waals surface area contributed by atoms with Crippen LogP contribution >= 0.6 is 0 Å². The predicted molar refractivity (Wildman–Crippen MR) is 119 cm³/mol. The van der Waals surface area contributed by atoms with Crippen molar-refractivity contribution in [2.24, 2.45) is 0 Å². The molecule has 0 saturated heterocycles. The predicted octanol–water partition coefficient (Wildman–Crippen LogP) is 6.83. The Morgan fingerprint density at radius 3 is 0.862 bits per heavy atom. The number of phenolic OH excluding ortho intramolecular Hbond substituents is 2. The van der Waals surface area contributed by atoms with Gasteiger partial charge in [-0.2, -0.15) is 36.4 Å². The van der Waals surface area contributed by atoms with Crippen LogP contribution in [0.5, 0.6) is 11.5 Å². The average Bonchev–Trinajstić information content (AvgIpc) is 3.32. The Morgan fingerprint density at radius 1 is 0.483 bits per heavy atom.